The molecule has 0 spiro atoms. The number of carbonyl (C=O) groups excluding carboxylic acids is 2. The molecule has 240 valence electrons. The van der Waals surface area contributed by atoms with Crippen molar-refractivity contribution in [2.75, 3.05) is 17.4 Å². The lowest BCUT2D eigenvalue weighted by Crippen LogP contribution is -2.53. The van der Waals surface area contributed by atoms with Crippen LogP contribution < -0.4 is 9.62 Å². The molecule has 0 aliphatic rings. The molecule has 11 heteroatoms. The number of nitro groups is 1. The number of aryl methyl sites for hydroxylation is 1. The Bertz CT molecular complexity index is 1750. The van der Waals surface area contributed by atoms with Crippen LogP contribution >= 0.6 is 0 Å². The lowest BCUT2D eigenvalue weighted by molar-refractivity contribution is -0.384. The zero-order valence-electron chi connectivity index (χ0n) is 26.1. The fourth-order valence-electron chi connectivity index (χ4n) is 4.88. The van der Waals surface area contributed by atoms with E-state index in [4.69, 9.17) is 0 Å². The lowest BCUT2D eigenvalue weighted by Gasteiger charge is -2.34. The van der Waals surface area contributed by atoms with Gasteiger partial charge in [-0.15, -0.1) is 0 Å². The maximum atomic E-state index is 14.5. The summed E-state index contributed by atoms with van der Waals surface area (Å²) in [7, 11) is -4.37. The van der Waals surface area contributed by atoms with Crippen molar-refractivity contribution in [2.24, 2.45) is 5.92 Å². The standard InChI is InChI=1S/C35H38N4O6S/c1-26(2)23-36-35(41)33(21-28-11-6-4-7-12-28)37(24-29-19-17-27(3)18-20-29)34(40)25-38(30-13-10-14-31(22-30)39(42)43)46(44,45)32-15-8-5-9-16-32/h4-20,22,26,33H,21,23-25H2,1-3H3,(H,36,41)/t33-/m0/s1. The van der Waals surface area contributed by atoms with Crippen LogP contribution in [0.4, 0.5) is 11.4 Å². The van der Waals surface area contributed by atoms with Crippen molar-refractivity contribution >= 4 is 33.2 Å². The summed E-state index contributed by atoms with van der Waals surface area (Å²) in [6.07, 6.45) is 0.185. The van der Waals surface area contributed by atoms with Gasteiger partial charge in [-0.05, 0) is 42.2 Å². The highest BCUT2D eigenvalue weighted by molar-refractivity contribution is 7.92. The number of nitro benzene ring substituents is 1. The van der Waals surface area contributed by atoms with Crippen LogP contribution in [0.1, 0.15) is 30.5 Å². The van der Waals surface area contributed by atoms with E-state index in [1.54, 1.807) is 18.2 Å². The monoisotopic (exact) mass is 642 g/mol. The van der Waals surface area contributed by atoms with Gasteiger partial charge in [-0.25, -0.2) is 8.42 Å². The van der Waals surface area contributed by atoms with Crippen molar-refractivity contribution in [3.8, 4) is 0 Å². The molecule has 0 aliphatic carbocycles. The molecule has 1 N–H and O–H groups in total. The van der Waals surface area contributed by atoms with Gasteiger partial charge in [0.1, 0.15) is 12.6 Å². The van der Waals surface area contributed by atoms with Crippen molar-refractivity contribution in [2.45, 2.75) is 44.7 Å². The first-order valence-corrected chi connectivity index (χ1v) is 16.4. The van der Waals surface area contributed by atoms with Crippen molar-refractivity contribution in [1.82, 2.24) is 10.2 Å². The molecule has 0 radical (unpaired) electrons. The van der Waals surface area contributed by atoms with Gasteiger partial charge >= 0.3 is 0 Å². The molecule has 0 fully saturated rings. The van der Waals surface area contributed by atoms with Crippen LogP contribution in [-0.4, -0.2) is 49.2 Å². The number of hydrogen-bond acceptors (Lipinski definition) is 6. The molecule has 1 atom stereocenters. The Hall–Kier alpha value is -5.03. The predicted octanol–water partition coefficient (Wildman–Crippen LogP) is 5.51. The molecule has 4 aromatic rings. The number of benzene rings is 4. The first kappa shape index (κ1) is 33.9. The second kappa shape index (κ2) is 15.3. The number of nitrogens with one attached hydrogen (secondary N) is 1. The third-order valence-corrected chi connectivity index (χ3v) is 9.16. The Balaban J connectivity index is 1.82. The van der Waals surface area contributed by atoms with Crippen LogP contribution in [0.5, 0.6) is 0 Å². The van der Waals surface area contributed by atoms with E-state index in [-0.39, 0.29) is 41.1 Å². The average molecular weight is 643 g/mol. The number of amides is 2. The number of carbonyl (C=O) groups is 2. The van der Waals surface area contributed by atoms with Gasteiger partial charge in [0.15, 0.2) is 0 Å². The number of rotatable bonds is 14. The maximum Gasteiger partial charge on any atom is 0.271 e. The van der Waals surface area contributed by atoms with E-state index >= 15 is 0 Å². The van der Waals surface area contributed by atoms with Gasteiger partial charge in [-0.1, -0.05) is 98.3 Å². The molecule has 0 aromatic heterocycles. The molecule has 10 nitrogen and oxygen atoms in total. The van der Waals surface area contributed by atoms with Gasteiger partial charge in [0.05, 0.1) is 15.5 Å². The van der Waals surface area contributed by atoms with E-state index in [2.05, 4.69) is 5.32 Å². The highest BCUT2D eigenvalue weighted by atomic mass is 32.2. The minimum atomic E-state index is -4.37. The summed E-state index contributed by atoms with van der Waals surface area (Å²) in [6, 6.07) is 28.5. The number of sulfonamides is 1. The van der Waals surface area contributed by atoms with Gasteiger partial charge in [-0.2, -0.15) is 0 Å². The Morgan fingerprint density at radius 2 is 1.48 bits per heavy atom. The average Bonchev–Trinajstić information content (AvgIpc) is 3.05. The summed E-state index contributed by atoms with van der Waals surface area (Å²) in [4.78, 5) is 40.6. The SMILES string of the molecule is Cc1ccc(CN(C(=O)CN(c2cccc([N+](=O)[O-])c2)S(=O)(=O)c2ccccc2)[C@@H](Cc2ccccc2)C(=O)NCC(C)C)cc1. The zero-order chi connectivity index (χ0) is 33.3. The molecule has 0 saturated heterocycles. The third kappa shape index (κ3) is 8.79. The number of anilines is 1. The summed E-state index contributed by atoms with van der Waals surface area (Å²) in [6.45, 7) is 5.58. The number of non-ortho nitro benzene ring substituents is 1. The van der Waals surface area contributed by atoms with Crippen LogP contribution in [0.15, 0.2) is 114 Å². The summed E-state index contributed by atoms with van der Waals surface area (Å²) < 4.78 is 29.0. The zero-order valence-corrected chi connectivity index (χ0v) is 26.9. The van der Waals surface area contributed by atoms with E-state index in [0.717, 1.165) is 27.1 Å². The van der Waals surface area contributed by atoms with Crippen LogP contribution in [0, 0.1) is 23.0 Å². The van der Waals surface area contributed by atoms with E-state index in [1.165, 1.54) is 35.2 Å². The molecule has 0 bridgehead atoms. The smallest absolute Gasteiger partial charge is 0.271 e. The minimum Gasteiger partial charge on any atom is -0.354 e. The number of nitrogens with zero attached hydrogens (tertiary/aromatic N) is 3. The fourth-order valence-corrected chi connectivity index (χ4v) is 6.30. The fraction of sp³-hybridized carbons (Fsp3) is 0.257. The molecular weight excluding hydrogens is 604 g/mol. The molecule has 0 unspecified atom stereocenters. The summed E-state index contributed by atoms with van der Waals surface area (Å²) in [5, 5.41) is 14.6. The molecule has 0 heterocycles. The molecule has 4 aromatic carbocycles. The van der Waals surface area contributed by atoms with Crippen LogP contribution in [0.2, 0.25) is 0 Å². The van der Waals surface area contributed by atoms with Gasteiger partial charge < -0.3 is 10.2 Å². The minimum absolute atomic E-state index is 0.0277. The van der Waals surface area contributed by atoms with Gasteiger partial charge in [-0.3, -0.25) is 24.0 Å². The highest BCUT2D eigenvalue weighted by Gasteiger charge is 2.35. The Kier molecular flexibility index (Phi) is 11.3. The van der Waals surface area contributed by atoms with Crippen LogP contribution in [-0.2, 0) is 32.6 Å². The topological polar surface area (TPSA) is 130 Å². The molecule has 46 heavy (non-hydrogen) atoms. The Morgan fingerprint density at radius 3 is 2.09 bits per heavy atom. The quantitative estimate of drug-likeness (QED) is 0.143. The van der Waals surface area contributed by atoms with Crippen molar-refractivity contribution in [3.05, 3.63) is 136 Å². The van der Waals surface area contributed by atoms with Crippen LogP contribution in [0.3, 0.4) is 0 Å². The van der Waals surface area contributed by atoms with Gasteiger partial charge in [0.2, 0.25) is 11.8 Å². The third-order valence-electron chi connectivity index (χ3n) is 7.37. The molecule has 0 aliphatic heterocycles. The number of hydrogen-bond donors (Lipinski definition) is 1. The largest absolute Gasteiger partial charge is 0.354 e. The van der Waals surface area contributed by atoms with Crippen molar-refractivity contribution < 1.29 is 22.9 Å². The van der Waals surface area contributed by atoms with E-state index in [1.807, 2.05) is 75.4 Å². The molecular formula is C35H38N4O6S. The van der Waals surface area contributed by atoms with E-state index in [9.17, 15) is 28.1 Å². The van der Waals surface area contributed by atoms with Gasteiger partial charge in [0, 0.05) is 31.6 Å². The Morgan fingerprint density at radius 1 is 0.848 bits per heavy atom. The predicted molar refractivity (Wildman–Crippen MR) is 178 cm³/mol. The van der Waals surface area contributed by atoms with Crippen LogP contribution in [0.25, 0.3) is 0 Å². The lowest BCUT2D eigenvalue weighted by atomic mass is 10.0. The van der Waals surface area contributed by atoms with Crippen molar-refractivity contribution in [1.29, 1.82) is 0 Å². The van der Waals surface area contributed by atoms with Crippen molar-refractivity contribution in [3.63, 3.8) is 0 Å². The Labute approximate surface area is 269 Å². The van der Waals surface area contributed by atoms with E-state index < -0.39 is 33.4 Å². The molecule has 4 rings (SSSR count). The second-order valence-electron chi connectivity index (χ2n) is 11.5. The molecule has 0 saturated carbocycles. The normalized spacial score (nSPS) is 11.9. The first-order valence-electron chi connectivity index (χ1n) is 14.9. The van der Waals surface area contributed by atoms with Gasteiger partial charge in [0.25, 0.3) is 15.7 Å². The summed E-state index contributed by atoms with van der Waals surface area (Å²) >= 11 is 0. The summed E-state index contributed by atoms with van der Waals surface area (Å²) in [5.74, 6) is -0.860. The maximum absolute atomic E-state index is 14.5. The molecule has 2 amide bonds. The first-order chi connectivity index (χ1) is 22.0. The van der Waals surface area contributed by atoms with E-state index in [0.29, 0.717) is 6.54 Å². The summed E-state index contributed by atoms with van der Waals surface area (Å²) in [5.41, 5.74) is 2.21. The highest BCUT2D eigenvalue weighted by Crippen LogP contribution is 2.28. The second-order valence-corrected chi connectivity index (χ2v) is 13.3.